The van der Waals surface area contributed by atoms with E-state index in [-0.39, 0.29) is 35.7 Å². The second-order valence-electron chi connectivity index (χ2n) is 6.66. The van der Waals surface area contributed by atoms with Crippen molar-refractivity contribution < 1.29 is 14.5 Å². The SMILES string of the molecule is COc1ccc(C2CC(=O)c3cccc4c3N2CCC4N)cc1[N+](=O)[O-]. The third kappa shape index (κ3) is 2.43. The van der Waals surface area contributed by atoms with E-state index in [4.69, 9.17) is 10.5 Å². The number of nitrogens with zero attached hydrogens (tertiary/aromatic N) is 2. The van der Waals surface area contributed by atoms with Crippen LogP contribution >= 0.6 is 0 Å². The Kier molecular flexibility index (Phi) is 3.88. The van der Waals surface area contributed by atoms with Gasteiger partial charge in [0.05, 0.1) is 23.8 Å². The number of hydrogen-bond acceptors (Lipinski definition) is 6. The van der Waals surface area contributed by atoms with Gasteiger partial charge in [-0.3, -0.25) is 14.9 Å². The number of nitro groups is 1. The number of methoxy groups -OCH3 is 1. The largest absolute Gasteiger partial charge is 0.490 e. The molecule has 0 saturated heterocycles. The van der Waals surface area contributed by atoms with E-state index in [1.807, 2.05) is 18.2 Å². The first-order chi connectivity index (χ1) is 12.5. The Morgan fingerprint density at radius 2 is 2.12 bits per heavy atom. The van der Waals surface area contributed by atoms with Gasteiger partial charge in [-0.25, -0.2) is 0 Å². The van der Waals surface area contributed by atoms with Gasteiger partial charge in [0.1, 0.15) is 0 Å². The number of ketones is 1. The molecule has 2 aromatic rings. The van der Waals surface area contributed by atoms with Crippen molar-refractivity contribution in [3.05, 3.63) is 63.2 Å². The molecular formula is C19H19N3O4. The molecule has 0 saturated carbocycles. The van der Waals surface area contributed by atoms with Gasteiger partial charge in [0.25, 0.3) is 0 Å². The van der Waals surface area contributed by atoms with Crippen LogP contribution in [0.4, 0.5) is 11.4 Å². The van der Waals surface area contributed by atoms with Gasteiger partial charge in [-0.15, -0.1) is 0 Å². The number of nitrogens with two attached hydrogens (primary N) is 1. The number of anilines is 1. The monoisotopic (exact) mass is 353 g/mol. The molecule has 0 spiro atoms. The number of para-hydroxylation sites is 1. The predicted octanol–water partition coefficient (Wildman–Crippen LogP) is 3.14. The maximum Gasteiger partial charge on any atom is 0.311 e. The predicted molar refractivity (Wildman–Crippen MR) is 96.7 cm³/mol. The van der Waals surface area contributed by atoms with Gasteiger partial charge in [0, 0.05) is 30.6 Å². The van der Waals surface area contributed by atoms with Gasteiger partial charge in [-0.05, 0) is 29.7 Å². The van der Waals surface area contributed by atoms with Gasteiger partial charge in [0.15, 0.2) is 11.5 Å². The van der Waals surface area contributed by atoms with Gasteiger partial charge in [-0.1, -0.05) is 18.2 Å². The van der Waals surface area contributed by atoms with Crippen LogP contribution in [0, 0.1) is 10.1 Å². The molecule has 2 heterocycles. The fourth-order valence-corrected chi connectivity index (χ4v) is 4.01. The van der Waals surface area contributed by atoms with Crippen LogP contribution in [0.3, 0.4) is 0 Å². The highest BCUT2D eigenvalue weighted by molar-refractivity contribution is 6.05. The highest BCUT2D eigenvalue weighted by atomic mass is 16.6. The molecule has 0 fully saturated rings. The number of carbonyl (C=O) groups excluding carboxylic acids is 1. The molecule has 4 rings (SSSR count). The third-order valence-electron chi connectivity index (χ3n) is 5.27. The van der Waals surface area contributed by atoms with Gasteiger partial charge < -0.3 is 15.4 Å². The van der Waals surface area contributed by atoms with E-state index in [0.717, 1.165) is 23.2 Å². The lowest BCUT2D eigenvalue weighted by Crippen LogP contribution is -2.41. The molecule has 7 nitrogen and oxygen atoms in total. The van der Waals surface area contributed by atoms with Crippen LogP contribution in [0.25, 0.3) is 0 Å². The summed E-state index contributed by atoms with van der Waals surface area (Å²) in [7, 11) is 1.40. The first-order valence-electron chi connectivity index (χ1n) is 8.52. The zero-order valence-electron chi connectivity index (χ0n) is 14.3. The molecule has 2 aliphatic heterocycles. The molecule has 0 bridgehead atoms. The smallest absolute Gasteiger partial charge is 0.311 e. The zero-order valence-corrected chi connectivity index (χ0v) is 14.3. The molecule has 0 radical (unpaired) electrons. The first kappa shape index (κ1) is 16.5. The van der Waals surface area contributed by atoms with Crippen molar-refractivity contribution in [3.8, 4) is 5.75 Å². The Hall–Kier alpha value is -2.93. The number of rotatable bonds is 3. The van der Waals surface area contributed by atoms with Crippen LogP contribution < -0.4 is 15.4 Å². The highest BCUT2D eigenvalue weighted by Crippen LogP contribution is 2.46. The maximum absolute atomic E-state index is 12.7. The van der Waals surface area contributed by atoms with Crippen molar-refractivity contribution >= 4 is 17.2 Å². The highest BCUT2D eigenvalue weighted by Gasteiger charge is 2.38. The van der Waals surface area contributed by atoms with Crippen molar-refractivity contribution in [3.63, 3.8) is 0 Å². The lowest BCUT2D eigenvalue weighted by Gasteiger charge is -2.43. The minimum atomic E-state index is -0.460. The Balaban J connectivity index is 1.83. The van der Waals surface area contributed by atoms with E-state index in [1.165, 1.54) is 13.2 Å². The fraction of sp³-hybridized carbons (Fsp3) is 0.316. The normalized spacial score (nSPS) is 21.3. The summed E-state index contributed by atoms with van der Waals surface area (Å²) in [5.41, 5.74) is 9.43. The quantitative estimate of drug-likeness (QED) is 0.672. The molecule has 0 amide bonds. The van der Waals surface area contributed by atoms with Gasteiger partial charge in [-0.2, -0.15) is 0 Å². The lowest BCUT2D eigenvalue weighted by molar-refractivity contribution is -0.385. The summed E-state index contributed by atoms with van der Waals surface area (Å²) in [5.74, 6) is 0.248. The summed E-state index contributed by atoms with van der Waals surface area (Å²) in [6, 6.07) is 10.2. The van der Waals surface area contributed by atoms with Crippen molar-refractivity contribution in [2.45, 2.75) is 24.9 Å². The second-order valence-corrected chi connectivity index (χ2v) is 6.66. The Morgan fingerprint density at radius 3 is 2.85 bits per heavy atom. The molecular weight excluding hydrogens is 334 g/mol. The van der Waals surface area contributed by atoms with E-state index in [2.05, 4.69) is 4.90 Å². The van der Waals surface area contributed by atoms with E-state index >= 15 is 0 Å². The van der Waals surface area contributed by atoms with E-state index in [0.29, 0.717) is 12.1 Å². The van der Waals surface area contributed by atoms with E-state index in [1.54, 1.807) is 12.1 Å². The average molecular weight is 353 g/mol. The minimum Gasteiger partial charge on any atom is -0.490 e. The maximum atomic E-state index is 12.7. The Labute approximate surface area is 150 Å². The van der Waals surface area contributed by atoms with Crippen LogP contribution in [0.5, 0.6) is 5.75 Å². The van der Waals surface area contributed by atoms with Crippen molar-refractivity contribution in [1.82, 2.24) is 0 Å². The molecule has 2 unspecified atom stereocenters. The number of ether oxygens (including phenoxy) is 1. The van der Waals surface area contributed by atoms with Gasteiger partial charge in [0.2, 0.25) is 0 Å². The Bertz CT molecular complexity index is 912. The number of benzene rings is 2. The van der Waals surface area contributed by atoms with Crippen LogP contribution in [0.1, 0.15) is 46.4 Å². The van der Waals surface area contributed by atoms with Gasteiger partial charge >= 0.3 is 5.69 Å². The second kappa shape index (κ2) is 6.10. The molecule has 0 aromatic heterocycles. The molecule has 2 N–H and O–H groups in total. The summed E-state index contributed by atoms with van der Waals surface area (Å²) < 4.78 is 5.09. The molecule has 2 atom stereocenters. The summed E-state index contributed by atoms with van der Waals surface area (Å²) in [6.45, 7) is 0.711. The summed E-state index contributed by atoms with van der Waals surface area (Å²) in [6.07, 6.45) is 1.06. The standard InChI is InChI=1S/C19H19N3O4/c1-26-18-6-5-11(9-16(18)22(24)25)15-10-17(23)13-4-2-3-12-14(20)7-8-21(15)19(12)13/h2-6,9,14-15H,7-8,10,20H2,1H3. The van der Waals surface area contributed by atoms with E-state index in [9.17, 15) is 14.9 Å². The molecule has 7 heteroatoms. The average Bonchev–Trinajstić information content (AvgIpc) is 2.65. The zero-order chi connectivity index (χ0) is 18.4. The summed E-state index contributed by atoms with van der Waals surface area (Å²) in [4.78, 5) is 25.8. The van der Waals surface area contributed by atoms with Crippen LogP contribution in [0.2, 0.25) is 0 Å². The van der Waals surface area contributed by atoms with Crippen molar-refractivity contribution in [2.24, 2.45) is 5.73 Å². The number of hydrogen-bond donors (Lipinski definition) is 1. The number of carbonyl (C=O) groups is 1. The summed E-state index contributed by atoms with van der Waals surface area (Å²) >= 11 is 0. The summed E-state index contributed by atoms with van der Waals surface area (Å²) in [5, 5.41) is 11.4. The number of nitro benzene ring substituents is 1. The molecule has 26 heavy (non-hydrogen) atoms. The fourth-order valence-electron chi connectivity index (χ4n) is 4.01. The molecule has 2 aromatic carbocycles. The van der Waals surface area contributed by atoms with E-state index < -0.39 is 4.92 Å². The molecule has 2 aliphatic rings. The lowest BCUT2D eigenvalue weighted by atomic mass is 9.84. The third-order valence-corrected chi connectivity index (χ3v) is 5.27. The van der Waals surface area contributed by atoms with Crippen molar-refractivity contribution in [1.29, 1.82) is 0 Å². The van der Waals surface area contributed by atoms with Crippen LogP contribution in [-0.2, 0) is 0 Å². The molecule has 0 aliphatic carbocycles. The number of Topliss-reactive ketones (excluding diaryl/α,β-unsaturated/α-hetero) is 1. The minimum absolute atomic E-state index is 0.0377. The van der Waals surface area contributed by atoms with Crippen LogP contribution in [-0.4, -0.2) is 24.4 Å². The van der Waals surface area contributed by atoms with Crippen molar-refractivity contribution in [2.75, 3.05) is 18.6 Å². The first-order valence-corrected chi connectivity index (χ1v) is 8.52. The Morgan fingerprint density at radius 1 is 1.31 bits per heavy atom. The topological polar surface area (TPSA) is 98.7 Å². The molecule has 134 valence electrons. The van der Waals surface area contributed by atoms with Crippen LogP contribution in [0.15, 0.2) is 36.4 Å².